The molecule has 0 aliphatic carbocycles. The monoisotopic (exact) mass is 252 g/mol. The zero-order valence-corrected chi connectivity index (χ0v) is 11.5. The summed E-state index contributed by atoms with van der Waals surface area (Å²) in [6.45, 7) is 4.38. The van der Waals surface area contributed by atoms with E-state index < -0.39 is 0 Å². The number of hydrogen-bond acceptors (Lipinski definition) is 1. The van der Waals surface area contributed by atoms with Crippen molar-refractivity contribution in [3.05, 3.63) is 35.4 Å². The molecule has 1 aromatic carbocycles. The van der Waals surface area contributed by atoms with E-state index in [1.54, 1.807) is 0 Å². The van der Waals surface area contributed by atoms with Gasteiger partial charge in [0, 0.05) is 5.56 Å². The molecule has 0 aromatic heterocycles. The van der Waals surface area contributed by atoms with Crippen molar-refractivity contribution < 1.29 is 4.79 Å². The van der Waals surface area contributed by atoms with Crippen LogP contribution >= 0.6 is 11.6 Å². The molecule has 0 aliphatic heterocycles. The van der Waals surface area contributed by atoms with Crippen LogP contribution < -0.4 is 0 Å². The lowest BCUT2D eigenvalue weighted by Gasteiger charge is -2.14. The van der Waals surface area contributed by atoms with Gasteiger partial charge in [0.1, 0.15) is 0 Å². The molecule has 0 bridgehead atoms. The van der Waals surface area contributed by atoms with Gasteiger partial charge in [0.25, 0.3) is 5.24 Å². The van der Waals surface area contributed by atoms with Crippen molar-refractivity contribution in [3.8, 4) is 0 Å². The van der Waals surface area contributed by atoms with Crippen LogP contribution in [0.3, 0.4) is 0 Å². The van der Waals surface area contributed by atoms with E-state index in [2.05, 4.69) is 13.8 Å². The number of hydrogen-bond donors (Lipinski definition) is 0. The molecule has 0 aliphatic rings. The average molecular weight is 253 g/mol. The molecule has 17 heavy (non-hydrogen) atoms. The van der Waals surface area contributed by atoms with E-state index in [9.17, 15) is 4.79 Å². The van der Waals surface area contributed by atoms with E-state index in [0.29, 0.717) is 11.5 Å². The number of benzene rings is 1. The maximum absolute atomic E-state index is 11.3. The smallest absolute Gasteiger partial charge is 0.252 e. The minimum atomic E-state index is -0.346. The Morgan fingerprint density at radius 2 is 1.94 bits per heavy atom. The van der Waals surface area contributed by atoms with Gasteiger partial charge in [0.2, 0.25) is 0 Å². The molecular weight excluding hydrogens is 232 g/mol. The van der Waals surface area contributed by atoms with Crippen molar-refractivity contribution in [3.63, 3.8) is 0 Å². The summed E-state index contributed by atoms with van der Waals surface area (Å²) in [4.78, 5) is 11.3. The molecule has 1 nitrogen and oxygen atoms in total. The van der Waals surface area contributed by atoms with E-state index in [-0.39, 0.29) is 5.24 Å². The zero-order valence-electron chi connectivity index (χ0n) is 10.7. The Morgan fingerprint density at radius 1 is 1.24 bits per heavy atom. The molecule has 0 spiro atoms. The standard InChI is InChI=1S/C15H21ClO/c1-3-4-5-6-9-12(2)13-10-7-8-11-14(13)15(16)17/h7-8,10-12H,3-6,9H2,1-2H3. The molecule has 0 radical (unpaired) electrons. The van der Waals surface area contributed by atoms with E-state index in [1.165, 1.54) is 25.7 Å². The molecule has 2 heteroatoms. The van der Waals surface area contributed by atoms with Crippen LogP contribution in [0.5, 0.6) is 0 Å². The van der Waals surface area contributed by atoms with Crippen molar-refractivity contribution in [1.29, 1.82) is 0 Å². The van der Waals surface area contributed by atoms with E-state index in [0.717, 1.165) is 12.0 Å². The fraction of sp³-hybridized carbons (Fsp3) is 0.533. The first kappa shape index (κ1) is 14.2. The van der Waals surface area contributed by atoms with Gasteiger partial charge in [-0.05, 0) is 35.6 Å². The summed E-state index contributed by atoms with van der Waals surface area (Å²) < 4.78 is 0. The minimum Gasteiger partial charge on any atom is -0.276 e. The lowest BCUT2D eigenvalue weighted by atomic mass is 9.91. The third-order valence-corrected chi connectivity index (χ3v) is 3.40. The van der Waals surface area contributed by atoms with Crippen molar-refractivity contribution in [2.75, 3.05) is 0 Å². The van der Waals surface area contributed by atoms with Gasteiger partial charge in [0.05, 0.1) is 0 Å². The Hall–Kier alpha value is -0.820. The summed E-state index contributed by atoms with van der Waals surface area (Å²) >= 11 is 5.60. The van der Waals surface area contributed by atoms with Crippen LogP contribution in [-0.2, 0) is 0 Å². The summed E-state index contributed by atoms with van der Waals surface area (Å²) in [5.41, 5.74) is 1.75. The molecule has 1 aromatic rings. The first-order chi connectivity index (χ1) is 8.16. The molecule has 0 amide bonds. The van der Waals surface area contributed by atoms with Crippen LogP contribution in [0, 0.1) is 0 Å². The van der Waals surface area contributed by atoms with E-state index in [4.69, 9.17) is 11.6 Å². The van der Waals surface area contributed by atoms with E-state index >= 15 is 0 Å². The molecule has 0 heterocycles. The fourth-order valence-corrected chi connectivity index (χ4v) is 2.31. The van der Waals surface area contributed by atoms with Gasteiger partial charge in [0.15, 0.2) is 0 Å². The van der Waals surface area contributed by atoms with Gasteiger partial charge in [-0.25, -0.2) is 0 Å². The lowest BCUT2D eigenvalue weighted by Crippen LogP contribution is -2.02. The van der Waals surface area contributed by atoms with Gasteiger partial charge < -0.3 is 0 Å². The molecule has 94 valence electrons. The quantitative estimate of drug-likeness (QED) is 0.485. The Balaban J connectivity index is 2.62. The number of carbonyl (C=O) groups is 1. The van der Waals surface area contributed by atoms with Crippen LogP contribution in [0.15, 0.2) is 24.3 Å². The third kappa shape index (κ3) is 4.51. The van der Waals surface area contributed by atoms with Gasteiger partial charge in [-0.15, -0.1) is 0 Å². The predicted octanol–water partition coefficient (Wildman–Crippen LogP) is 5.14. The highest BCUT2D eigenvalue weighted by Crippen LogP contribution is 2.26. The van der Waals surface area contributed by atoms with Gasteiger partial charge in [-0.3, -0.25) is 4.79 Å². The highest BCUT2D eigenvalue weighted by Gasteiger charge is 2.13. The molecule has 0 saturated carbocycles. The second kappa shape index (κ2) is 7.50. The van der Waals surface area contributed by atoms with Crippen molar-refractivity contribution in [1.82, 2.24) is 0 Å². The van der Waals surface area contributed by atoms with Crippen LogP contribution in [-0.4, -0.2) is 5.24 Å². The second-order valence-corrected chi connectivity index (χ2v) is 4.95. The number of rotatable bonds is 7. The number of halogens is 1. The van der Waals surface area contributed by atoms with Gasteiger partial charge in [-0.2, -0.15) is 0 Å². The maximum atomic E-state index is 11.3. The summed E-state index contributed by atoms with van der Waals surface area (Å²) in [5, 5.41) is -0.346. The first-order valence-corrected chi connectivity index (χ1v) is 6.83. The summed E-state index contributed by atoms with van der Waals surface area (Å²) in [7, 11) is 0. The topological polar surface area (TPSA) is 17.1 Å². The lowest BCUT2D eigenvalue weighted by molar-refractivity contribution is 0.108. The highest BCUT2D eigenvalue weighted by molar-refractivity contribution is 6.67. The van der Waals surface area contributed by atoms with Crippen molar-refractivity contribution >= 4 is 16.8 Å². The Bertz CT molecular complexity index is 360. The van der Waals surface area contributed by atoms with Crippen molar-refractivity contribution in [2.24, 2.45) is 0 Å². The molecular formula is C15H21ClO. The maximum Gasteiger partial charge on any atom is 0.252 e. The van der Waals surface area contributed by atoms with Crippen molar-refractivity contribution in [2.45, 2.75) is 51.9 Å². The summed E-state index contributed by atoms with van der Waals surface area (Å²) in [6.07, 6.45) is 6.17. The Labute approximate surface area is 109 Å². The predicted molar refractivity (Wildman–Crippen MR) is 73.8 cm³/mol. The van der Waals surface area contributed by atoms with Gasteiger partial charge in [-0.1, -0.05) is 57.7 Å². The van der Waals surface area contributed by atoms with Crippen LogP contribution in [0.25, 0.3) is 0 Å². The Kier molecular flexibility index (Phi) is 6.28. The van der Waals surface area contributed by atoms with Gasteiger partial charge >= 0.3 is 0 Å². The Morgan fingerprint density at radius 3 is 2.59 bits per heavy atom. The SMILES string of the molecule is CCCCCCC(C)c1ccccc1C(=O)Cl. The second-order valence-electron chi connectivity index (χ2n) is 4.61. The van der Waals surface area contributed by atoms with Crippen LogP contribution in [0.2, 0.25) is 0 Å². The molecule has 1 rings (SSSR count). The van der Waals surface area contributed by atoms with Crippen LogP contribution in [0.1, 0.15) is 67.8 Å². The first-order valence-electron chi connectivity index (χ1n) is 6.45. The largest absolute Gasteiger partial charge is 0.276 e. The normalized spacial score (nSPS) is 12.4. The molecule has 0 saturated heterocycles. The summed E-state index contributed by atoms with van der Waals surface area (Å²) in [6, 6.07) is 7.66. The molecule has 1 unspecified atom stereocenters. The minimum absolute atomic E-state index is 0.346. The van der Waals surface area contributed by atoms with E-state index in [1.807, 2.05) is 24.3 Å². The molecule has 1 atom stereocenters. The number of unbranched alkanes of at least 4 members (excludes halogenated alkanes) is 3. The fourth-order valence-electron chi connectivity index (χ4n) is 2.14. The molecule has 0 N–H and O–H groups in total. The van der Waals surface area contributed by atoms with Crippen LogP contribution in [0.4, 0.5) is 0 Å². The third-order valence-electron chi connectivity index (χ3n) is 3.19. The number of carbonyl (C=O) groups excluding carboxylic acids is 1. The zero-order chi connectivity index (χ0) is 12.7. The molecule has 0 fully saturated rings. The average Bonchev–Trinajstić information content (AvgIpc) is 2.34. The highest BCUT2D eigenvalue weighted by atomic mass is 35.5. The summed E-state index contributed by atoms with van der Waals surface area (Å²) in [5.74, 6) is 0.408.